The summed E-state index contributed by atoms with van der Waals surface area (Å²) in [5.41, 5.74) is 0. The second-order valence-corrected chi connectivity index (χ2v) is 3.91. The van der Waals surface area contributed by atoms with E-state index >= 15 is 0 Å². The van der Waals surface area contributed by atoms with E-state index in [0.29, 0.717) is 12.4 Å². The first-order valence-corrected chi connectivity index (χ1v) is 5.61. The van der Waals surface area contributed by atoms with Crippen LogP contribution in [0.3, 0.4) is 0 Å². The Morgan fingerprint density at radius 3 is 2.67 bits per heavy atom. The third-order valence-electron chi connectivity index (χ3n) is 1.70. The summed E-state index contributed by atoms with van der Waals surface area (Å²) in [7, 11) is 1.59. The summed E-state index contributed by atoms with van der Waals surface area (Å²) in [6.07, 6.45) is 0.968. The van der Waals surface area contributed by atoms with Gasteiger partial charge in [-0.1, -0.05) is 22.9 Å². The number of benzene rings is 1. The SMILES string of the molecule is CCCOc1cc(Br)ccc1OCOC. The number of hydrogen-bond donors (Lipinski definition) is 0. The van der Waals surface area contributed by atoms with E-state index in [4.69, 9.17) is 14.2 Å². The molecule has 0 aliphatic heterocycles. The second-order valence-electron chi connectivity index (χ2n) is 2.99. The van der Waals surface area contributed by atoms with E-state index in [9.17, 15) is 0 Å². The molecule has 0 heterocycles. The Morgan fingerprint density at radius 1 is 1.20 bits per heavy atom. The van der Waals surface area contributed by atoms with Crippen LogP contribution in [0.1, 0.15) is 13.3 Å². The lowest BCUT2D eigenvalue weighted by atomic mass is 10.3. The third-order valence-corrected chi connectivity index (χ3v) is 2.19. The van der Waals surface area contributed by atoms with Gasteiger partial charge in [0.2, 0.25) is 0 Å². The lowest BCUT2D eigenvalue weighted by Gasteiger charge is -2.11. The highest BCUT2D eigenvalue weighted by molar-refractivity contribution is 9.10. The van der Waals surface area contributed by atoms with Gasteiger partial charge in [-0.2, -0.15) is 0 Å². The normalized spacial score (nSPS) is 10.1. The molecule has 1 rings (SSSR count). The maximum absolute atomic E-state index is 5.55. The van der Waals surface area contributed by atoms with Crippen molar-refractivity contribution in [2.45, 2.75) is 13.3 Å². The number of methoxy groups -OCH3 is 1. The van der Waals surface area contributed by atoms with Crippen LogP contribution in [-0.4, -0.2) is 20.5 Å². The third kappa shape index (κ3) is 4.10. The average molecular weight is 275 g/mol. The quantitative estimate of drug-likeness (QED) is 0.746. The predicted octanol–water partition coefficient (Wildman–Crippen LogP) is 3.22. The number of hydrogen-bond acceptors (Lipinski definition) is 3. The van der Waals surface area contributed by atoms with Gasteiger partial charge in [0.25, 0.3) is 0 Å². The molecule has 0 atom stereocenters. The first-order chi connectivity index (χ1) is 7.27. The molecule has 0 unspecified atom stereocenters. The zero-order chi connectivity index (χ0) is 11.1. The first-order valence-electron chi connectivity index (χ1n) is 4.82. The molecule has 1 aromatic rings. The monoisotopic (exact) mass is 274 g/mol. The van der Waals surface area contributed by atoms with Gasteiger partial charge in [-0.25, -0.2) is 0 Å². The molecule has 0 amide bonds. The zero-order valence-corrected chi connectivity index (χ0v) is 10.5. The molecule has 0 N–H and O–H groups in total. The highest BCUT2D eigenvalue weighted by atomic mass is 79.9. The number of halogens is 1. The summed E-state index contributed by atoms with van der Waals surface area (Å²) in [6.45, 7) is 2.97. The van der Waals surface area contributed by atoms with Crippen LogP contribution in [0.5, 0.6) is 11.5 Å². The van der Waals surface area contributed by atoms with E-state index in [1.807, 2.05) is 18.2 Å². The molecule has 0 radical (unpaired) electrons. The minimum atomic E-state index is 0.226. The second kappa shape index (κ2) is 6.69. The summed E-state index contributed by atoms with van der Waals surface area (Å²) < 4.78 is 16.7. The molecule has 0 saturated heterocycles. The van der Waals surface area contributed by atoms with Crippen molar-refractivity contribution in [3.63, 3.8) is 0 Å². The summed E-state index contributed by atoms with van der Waals surface area (Å²) in [5, 5.41) is 0. The van der Waals surface area contributed by atoms with Crippen molar-refractivity contribution in [2.24, 2.45) is 0 Å². The van der Waals surface area contributed by atoms with Crippen LogP contribution in [0.4, 0.5) is 0 Å². The molecule has 1 aromatic carbocycles. The summed E-state index contributed by atoms with van der Waals surface area (Å²) >= 11 is 3.39. The van der Waals surface area contributed by atoms with Gasteiger partial charge < -0.3 is 14.2 Å². The molecule has 0 bridgehead atoms. The standard InChI is InChI=1S/C11H15BrO3/c1-3-6-14-11-7-9(12)4-5-10(11)15-8-13-2/h4-5,7H,3,6,8H2,1-2H3. The van der Waals surface area contributed by atoms with Crippen molar-refractivity contribution in [2.75, 3.05) is 20.5 Å². The smallest absolute Gasteiger partial charge is 0.188 e. The van der Waals surface area contributed by atoms with Crippen LogP contribution < -0.4 is 9.47 Å². The van der Waals surface area contributed by atoms with Crippen LogP contribution in [0.25, 0.3) is 0 Å². The molecule has 0 spiro atoms. The van der Waals surface area contributed by atoms with Gasteiger partial charge >= 0.3 is 0 Å². The average Bonchev–Trinajstić information content (AvgIpc) is 2.25. The first kappa shape index (κ1) is 12.3. The Labute approximate surface area is 98.5 Å². The van der Waals surface area contributed by atoms with Crippen molar-refractivity contribution in [3.05, 3.63) is 22.7 Å². The van der Waals surface area contributed by atoms with E-state index in [1.165, 1.54) is 0 Å². The van der Waals surface area contributed by atoms with Crippen molar-refractivity contribution in [3.8, 4) is 11.5 Å². The highest BCUT2D eigenvalue weighted by Gasteiger charge is 2.05. The lowest BCUT2D eigenvalue weighted by molar-refractivity contribution is 0.0486. The largest absolute Gasteiger partial charge is 0.490 e. The van der Waals surface area contributed by atoms with Gasteiger partial charge in [-0.05, 0) is 24.6 Å². The van der Waals surface area contributed by atoms with E-state index in [2.05, 4.69) is 22.9 Å². The maximum Gasteiger partial charge on any atom is 0.188 e. The predicted molar refractivity (Wildman–Crippen MR) is 62.4 cm³/mol. The Kier molecular flexibility index (Phi) is 5.50. The van der Waals surface area contributed by atoms with Gasteiger partial charge in [0.05, 0.1) is 6.61 Å². The van der Waals surface area contributed by atoms with Crippen molar-refractivity contribution >= 4 is 15.9 Å². The fraction of sp³-hybridized carbons (Fsp3) is 0.455. The van der Waals surface area contributed by atoms with Crippen LogP contribution in [0.2, 0.25) is 0 Å². The zero-order valence-electron chi connectivity index (χ0n) is 8.96. The summed E-state index contributed by atoms with van der Waals surface area (Å²) in [6, 6.07) is 5.65. The summed E-state index contributed by atoms with van der Waals surface area (Å²) in [5.74, 6) is 1.44. The minimum absolute atomic E-state index is 0.226. The number of ether oxygens (including phenoxy) is 3. The van der Waals surface area contributed by atoms with E-state index < -0.39 is 0 Å². The van der Waals surface area contributed by atoms with Gasteiger partial charge in [0, 0.05) is 11.6 Å². The van der Waals surface area contributed by atoms with E-state index in [-0.39, 0.29) is 6.79 Å². The summed E-state index contributed by atoms with van der Waals surface area (Å²) in [4.78, 5) is 0. The van der Waals surface area contributed by atoms with Crippen LogP contribution >= 0.6 is 15.9 Å². The van der Waals surface area contributed by atoms with Crippen LogP contribution in [-0.2, 0) is 4.74 Å². The molecular weight excluding hydrogens is 260 g/mol. The van der Waals surface area contributed by atoms with Gasteiger partial charge in [-0.15, -0.1) is 0 Å². The van der Waals surface area contributed by atoms with Gasteiger partial charge in [0.1, 0.15) is 0 Å². The molecule has 0 aliphatic carbocycles. The molecule has 3 nitrogen and oxygen atoms in total. The fourth-order valence-corrected chi connectivity index (χ4v) is 1.39. The van der Waals surface area contributed by atoms with Gasteiger partial charge in [0.15, 0.2) is 18.3 Å². The van der Waals surface area contributed by atoms with Crippen LogP contribution in [0, 0.1) is 0 Å². The topological polar surface area (TPSA) is 27.7 Å². The molecule has 15 heavy (non-hydrogen) atoms. The Balaban J connectivity index is 2.73. The number of rotatable bonds is 6. The highest BCUT2D eigenvalue weighted by Crippen LogP contribution is 2.30. The molecule has 0 fully saturated rings. The Hall–Kier alpha value is -0.740. The Bertz CT molecular complexity index is 302. The van der Waals surface area contributed by atoms with E-state index in [1.54, 1.807) is 7.11 Å². The molecule has 0 aliphatic rings. The van der Waals surface area contributed by atoms with Crippen molar-refractivity contribution in [1.82, 2.24) is 0 Å². The van der Waals surface area contributed by atoms with Gasteiger partial charge in [-0.3, -0.25) is 0 Å². The molecule has 4 heteroatoms. The maximum atomic E-state index is 5.55. The van der Waals surface area contributed by atoms with Crippen molar-refractivity contribution < 1.29 is 14.2 Å². The molecular formula is C11H15BrO3. The van der Waals surface area contributed by atoms with Crippen LogP contribution in [0.15, 0.2) is 22.7 Å². The lowest BCUT2D eigenvalue weighted by Crippen LogP contribution is -2.02. The minimum Gasteiger partial charge on any atom is -0.490 e. The molecule has 0 aromatic heterocycles. The van der Waals surface area contributed by atoms with E-state index in [0.717, 1.165) is 16.6 Å². The Morgan fingerprint density at radius 2 is 2.00 bits per heavy atom. The fourth-order valence-electron chi connectivity index (χ4n) is 1.05. The molecule has 0 saturated carbocycles. The van der Waals surface area contributed by atoms with Crippen molar-refractivity contribution in [1.29, 1.82) is 0 Å². The molecule has 84 valence electrons.